The Morgan fingerprint density at radius 3 is 2.30 bits per heavy atom. The number of hydrogen-bond donors (Lipinski definition) is 2. The van der Waals surface area contributed by atoms with Crippen molar-refractivity contribution in [3.63, 3.8) is 0 Å². The summed E-state index contributed by atoms with van der Waals surface area (Å²) < 4.78 is 2.09. The number of aliphatic imine (C=N–C) groups is 1. The lowest BCUT2D eigenvalue weighted by Crippen LogP contribution is -2.41. The van der Waals surface area contributed by atoms with Crippen molar-refractivity contribution in [3.8, 4) is 0 Å². The highest BCUT2D eigenvalue weighted by Crippen LogP contribution is 2.06. The van der Waals surface area contributed by atoms with Crippen molar-refractivity contribution in [2.75, 3.05) is 20.1 Å². The third-order valence-electron chi connectivity index (χ3n) is 4.14. The van der Waals surface area contributed by atoms with Gasteiger partial charge in [0.2, 0.25) is 0 Å². The lowest BCUT2D eigenvalue weighted by Gasteiger charge is -2.19. The molecule has 0 aliphatic heterocycles. The van der Waals surface area contributed by atoms with Gasteiger partial charge in [-0.1, -0.05) is 33.6 Å². The number of nitrogens with zero attached hydrogens (tertiary/aromatic N) is 3. The molecule has 5 nitrogen and oxygen atoms in total. The van der Waals surface area contributed by atoms with Crippen molar-refractivity contribution in [1.29, 1.82) is 0 Å². The molecule has 0 spiro atoms. The van der Waals surface area contributed by atoms with Crippen molar-refractivity contribution in [3.05, 3.63) is 17.5 Å². The van der Waals surface area contributed by atoms with Crippen LogP contribution in [-0.2, 0) is 6.54 Å². The van der Waals surface area contributed by atoms with E-state index in [9.17, 15) is 0 Å². The zero-order valence-corrected chi connectivity index (χ0v) is 17.8. The van der Waals surface area contributed by atoms with E-state index in [1.54, 1.807) is 0 Å². The summed E-state index contributed by atoms with van der Waals surface area (Å²) in [5.41, 5.74) is 2.31. The summed E-state index contributed by atoms with van der Waals surface area (Å²) in [7, 11) is 1.83. The van der Waals surface area contributed by atoms with Crippen LogP contribution in [0, 0.1) is 25.7 Å². The van der Waals surface area contributed by atoms with E-state index in [1.807, 2.05) is 14.0 Å². The Balaban J connectivity index is 0.00000484. The molecule has 2 N–H and O–H groups in total. The predicted octanol–water partition coefficient (Wildman–Crippen LogP) is 3.36. The highest BCUT2D eigenvalue weighted by molar-refractivity contribution is 14.0. The van der Waals surface area contributed by atoms with Gasteiger partial charge in [0, 0.05) is 32.4 Å². The van der Waals surface area contributed by atoms with Gasteiger partial charge >= 0.3 is 0 Å². The fourth-order valence-electron chi connectivity index (χ4n) is 2.53. The number of rotatable bonds is 8. The monoisotopic (exact) mass is 435 g/mol. The minimum atomic E-state index is 0. The second-order valence-electron chi connectivity index (χ2n) is 6.23. The molecule has 0 aliphatic carbocycles. The predicted molar refractivity (Wildman–Crippen MR) is 110 cm³/mol. The molecule has 1 unspecified atom stereocenters. The highest BCUT2D eigenvalue weighted by atomic mass is 127. The molecule has 0 radical (unpaired) electrons. The van der Waals surface area contributed by atoms with Gasteiger partial charge in [0.05, 0.1) is 5.69 Å². The molecule has 1 aromatic heterocycles. The largest absolute Gasteiger partial charge is 0.356 e. The van der Waals surface area contributed by atoms with Crippen LogP contribution >= 0.6 is 24.0 Å². The molecule has 134 valence electrons. The van der Waals surface area contributed by atoms with E-state index in [0.29, 0.717) is 11.8 Å². The van der Waals surface area contributed by atoms with Gasteiger partial charge in [-0.05, 0) is 31.7 Å². The van der Waals surface area contributed by atoms with Gasteiger partial charge in [-0.25, -0.2) is 0 Å². The first-order valence-corrected chi connectivity index (χ1v) is 8.45. The Labute approximate surface area is 158 Å². The van der Waals surface area contributed by atoms with Gasteiger partial charge in [-0.3, -0.25) is 9.67 Å². The molecule has 0 bridgehead atoms. The summed E-state index contributed by atoms with van der Waals surface area (Å²) in [5, 5.41) is 11.4. The normalized spacial score (nSPS) is 12.9. The van der Waals surface area contributed by atoms with Crippen LogP contribution in [0.1, 0.15) is 45.0 Å². The third-order valence-corrected chi connectivity index (χ3v) is 4.14. The zero-order valence-electron chi connectivity index (χ0n) is 15.5. The second-order valence-corrected chi connectivity index (χ2v) is 6.23. The van der Waals surface area contributed by atoms with E-state index in [4.69, 9.17) is 0 Å². The van der Waals surface area contributed by atoms with E-state index in [0.717, 1.165) is 31.3 Å². The molecule has 0 saturated carbocycles. The van der Waals surface area contributed by atoms with Crippen LogP contribution in [0.15, 0.2) is 11.1 Å². The minimum absolute atomic E-state index is 0. The van der Waals surface area contributed by atoms with E-state index in [-0.39, 0.29) is 24.0 Å². The molecule has 1 heterocycles. The lowest BCUT2D eigenvalue weighted by molar-refractivity contribution is 0.433. The van der Waals surface area contributed by atoms with Crippen molar-refractivity contribution in [1.82, 2.24) is 20.4 Å². The Bertz CT molecular complexity index is 466. The Morgan fingerprint density at radius 2 is 1.83 bits per heavy atom. The van der Waals surface area contributed by atoms with Crippen molar-refractivity contribution in [2.24, 2.45) is 16.8 Å². The van der Waals surface area contributed by atoms with Gasteiger partial charge in [-0.2, -0.15) is 5.10 Å². The molecule has 0 saturated heterocycles. The first-order chi connectivity index (χ1) is 10.5. The number of guanidine groups is 1. The first kappa shape index (κ1) is 22.2. The number of aromatic nitrogens is 2. The van der Waals surface area contributed by atoms with E-state index in [1.165, 1.54) is 18.5 Å². The molecule has 23 heavy (non-hydrogen) atoms. The number of aryl methyl sites for hydroxylation is 2. The fourth-order valence-corrected chi connectivity index (χ4v) is 2.53. The molecule has 0 aliphatic rings. The third kappa shape index (κ3) is 8.04. The van der Waals surface area contributed by atoms with E-state index < -0.39 is 0 Å². The average molecular weight is 435 g/mol. The van der Waals surface area contributed by atoms with Crippen molar-refractivity contribution >= 4 is 29.9 Å². The van der Waals surface area contributed by atoms with Crippen LogP contribution < -0.4 is 10.6 Å². The van der Waals surface area contributed by atoms with Crippen LogP contribution in [0.2, 0.25) is 0 Å². The van der Waals surface area contributed by atoms with Gasteiger partial charge in [0.25, 0.3) is 0 Å². The summed E-state index contributed by atoms with van der Waals surface area (Å²) in [5.74, 6) is 2.10. The lowest BCUT2D eigenvalue weighted by atomic mass is 10.0. The number of hydrogen-bond acceptors (Lipinski definition) is 2. The fraction of sp³-hybridized carbons (Fsp3) is 0.765. The highest BCUT2D eigenvalue weighted by Gasteiger charge is 2.09. The number of halogens is 1. The minimum Gasteiger partial charge on any atom is -0.356 e. The molecule has 1 rings (SSSR count). The Kier molecular flexibility index (Phi) is 11.3. The zero-order chi connectivity index (χ0) is 16.5. The van der Waals surface area contributed by atoms with Crippen molar-refractivity contribution < 1.29 is 0 Å². The van der Waals surface area contributed by atoms with Crippen LogP contribution in [0.25, 0.3) is 0 Å². The van der Waals surface area contributed by atoms with Crippen molar-refractivity contribution in [2.45, 2.75) is 54.0 Å². The summed E-state index contributed by atoms with van der Waals surface area (Å²) in [6, 6.07) is 2.12. The average Bonchev–Trinajstić information content (AvgIpc) is 2.80. The topological polar surface area (TPSA) is 54.2 Å². The van der Waals surface area contributed by atoms with Crippen LogP contribution in [0.4, 0.5) is 0 Å². The van der Waals surface area contributed by atoms with Crippen LogP contribution in [-0.4, -0.2) is 35.9 Å². The summed E-state index contributed by atoms with van der Waals surface area (Å²) >= 11 is 0. The number of nitrogens with one attached hydrogen (secondary N) is 2. The second kappa shape index (κ2) is 11.7. The Morgan fingerprint density at radius 1 is 1.22 bits per heavy atom. The molecule has 0 amide bonds. The quantitative estimate of drug-likeness (QED) is 0.374. The maximum atomic E-state index is 4.52. The molecule has 1 aromatic rings. The molecule has 1 atom stereocenters. The molecular formula is C17H34IN5. The SMILES string of the molecule is CCC(CC)CNC(=NC)NCC(C)Cn1nc(C)cc1C.I. The molecule has 6 heteroatoms. The maximum Gasteiger partial charge on any atom is 0.190 e. The Hall–Kier alpha value is -0.790. The van der Waals surface area contributed by atoms with Gasteiger partial charge in [0.15, 0.2) is 5.96 Å². The standard InChI is InChI=1S/C17H33N5.HI/c1-7-16(8-2)11-20-17(18-6)19-10-13(3)12-22-15(5)9-14(4)21-22;/h9,13,16H,7-8,10-12H2,1-6H3,(H2,18,19,20);1H. The van der Waals surface area contributed by atoms with Crippen LogP contribution in [0.3, 0.4) is 0 Å². The van der Waals surface area contributed by atoms with E-state index in [2.05, 4.69) is 59.2 Å². The summed E-state index contributed by atoms with van der Waals surface area (Å²) in [4.78, 5) is 4.30. The maximum absolute atomic E-state index is 4.52. The van der Waals surface area contributed by atoms with Gasteiger partial charge < -0.3 is 10.6 Å². The van der Waals surface area contributed by atoms with Gasteiger partial charge in [0.1, 0.15) is 0 Å². The molecule has 0 aromatic carbocycles. The van der Waals surface area contributed by atoms with Crippen LogP contribution in [0.5, 0.6) is 0 Å². The summed E-state index contributed by atoms with van der Waals surface area (Å²) in [6.07, 6.45) is 2.41. The molecule has 0 fully saturated rings. The van der Waals surface area contributed by atoms with E-state index >= 15 is 0 Å². The summed E-state index contributed by atoms with van der Waals surface area (Å²) in [6.45, 7) is 13.7. The first-order valence-electron chi connectivity index (χ1n) is 8.45. The molecular weight excluding hydrogens is 401 g/mol. The van der Waals surface area contributed by atoms with Gasteiger partial charge in [-0.15, -0.1) is 24.0 Å². The smallest absolute Gasteiger partial charge is 0.190 e.